The molecule has 1 aliphatic rings. The van der Waals surface area contributed by atoms with Crippen molar-refractivity contribution in [3.8, 4) is 11.5 Å². The number of rotatable bonds is 8. The van der Waals surface area contributed by atoms with Gasteiger partial charge < -0.3 is 19.7 Å². The largest absolute Gasteiger partial charge is 0.493 e. The minimum absolute atomic E-state index is 0.143. The molecule has 174 valence electrons. The van der Waals surface area contributed by atoms with Crippen molar-refractivity contribution >= 4 is 28.2 Å². The van der Waals surface area contributed by atoms with Crippen LogP contribution in [0.5, 0.6) is 11.5 Å². The third-order valence-electron chi connectivity index (χ3n) is 5.83. The first-order chi connectivity index (χ1) is 16.0. The standard InChI is InChI=1S/C24H27FN4O4/c1-32-20-13-16-18(14-21(20)33-2)26-15-29(24(16)31)12-6-9-22(30)27-23-17(25)7-5-8-19(23)28-10-3-4-11-28/h5,7-8,13-15H,3-4,6,9-12H2,1-2H3,(H,27,30). The molecule has 1 N–H and O–H groups in total. The highest BCUT2D eigenvalue weighted by Crippen LogP contribution is 2.32. The van der Waals surface area contributed by atoms with Crippen molar-refractivity contribution in [2.24, 2.45) is 0 Å². The molecule has 0 bridgehead atoms. The molecule has 8 nitrogen and oxygen atoms in total. The average Bonchev–Trinajstić information content (AvgIpc) is 3.36. The summed E-state index contributed by atoms with van der Waals surface area (Å²) in [5.41, 5.74) is 1.20. The Morgan fingerprint density at radius 1 is 1.15 bits per heavy atom. The van der Waals surface area contributed by atoms with Gasteiger partial charge in [-0.15, -0.1) is 0 Å². The van der Waals surface area contributed by atoms with Gasteiger partial charge in [0.15, 0.2) is 11.5 Å². The van der Waals surface area contributed by atoms with E-state index >= 15 is 0 Å². The van der Waals surface area contributed by atoms with Crippen LogP contribution in [0.2, 0.25) is 0 Å². The number of methoxy groups -OCH3 is 2. The third-order valence-corrected chi connectivity index (χ3v) is 5.83. The number of para-hydroxylation sites is 1. The monoisotopic (exact) mass is 454 g/mol. The van der Waals surface area contributed by atoms with E-state index in [0.717, 1.165) is 25.9 Å². The Hall–Kier alpha value is -3.62. The highest BCUT2D eigenvalue weighted by molar-refractivity contribution is 5.94. The molecule has 1 aliphatic heterocycles. The quantitative estimate of drug-likeness (QED) is 0.560. The van der Waals surface area contributed by atoms with Crippen molar-refractivity contribution in [2.45, 2.75) is 32.2 Å². The molecule has 0 radical (unpaired) electrons. The van der Waals surface area contributed by atoms with Crippen molar-refractivity contribution in [1.82, 2.24) is 9.55 Å². The molecule has 0 spiro atoms. The van der Waals surface area contributed by atoms with E-state index in [9.17, 15) is 14.0 Å². The first-order valence-corrected chi connectivity index (χ1v) is 11.0. The zero-order valence-electron chi connectivity index (χ0n) is 18.8. The van der Waals surface area contributed by atoms with Gasteiger partial charge in [0.05, 0.1) is 37.1 Å². The van der Waals surface area contributed by atoms with E-state index in [0.29, 0.717) is 41.1 Å². The minimum Gasteiger partial charge on any atom is -0.493 e. The van der Waals surface area contributed by atoms with Crippen LogP contribution in [0.15, 0.2) is 41.5 Å². The smallest absolute Gasteiger partial charge is 0.261 e. The number of anilines is 2. The minimum atomic E-state index is -0.452. The zero-order chi connectivity index (χ0) is 23.4. The molecule has 1 saturated heterocycles. The summed E-state index contributed by atoms with van der Waals surface area (Å²) in [6.45, 7) is 2.00. The number of carbonyl (C=O) groups is 1. The Balaban J connectivity index is 1.43. The van der Waals surface area contributed by atoms with Crippen LogP contribution in [0, 0.1) is 5.82 Å². The molecule has 0 unspecified atom stereocenters. The fraction of sp³-hybridized carbons (Fsp3) is 0.375. The van der Waals surface area contributed by atoms with Crippen molar-refractivity contribution in [3.05, 3.63) is 52.8 Å². The molecule has 2 aromatic carbocycles. The lowest BCUT2D eigenvalue weighted by atomic mass is 10.2. The van der Waals surface area contributed by atoms with Crippen LogP contribution in [0.3, 0.4) is 0 Å². The summed E-state index contributed by atoms with van der Waals surface area (Å²) < 4.78 is 26.4. The van der Waals surface area contributed by atoms with E-state index in [1.807, 2.05) is 6.07 Å². The van der Waals surface area contributed by atoms with Crippen LogP contribution in [-0.2, 0) is 11.3 Å². The fourth-order valence-electron chi connectivity index (χ4n) is 4.11. The Kier molecular flexibility index (Phi) is 6.76. The molecular weight excluding hydrogens is 427 g/mol. The van der Waals surface area contributed by atoms with Gasteiger partial charge in [0.25, 0.3) is 5.56 Å². The topological polar surface area (TPSA) is 85.7 Å². The van der Waals surface area contributed by atoms with E-state index in [2.05, 4.69) is 15.2 Å². The fourth-order valence-corrected chi connectivity index (χ4v) is 4.11. The predicted octanol–water partition coefficient (Wildman–Crippen LogP) is 3.57. The SMILES string of the molecule is COc1cc2ncn(CCCC(=O)Nc3c(F)cccc3N3CCCC3)c(=O)c2cc1OC. The Morgan fingerprint density at radius 2 is 1.88 bits per heavy atom. The summed E-state index contributed by atoms with van der Waals surface area (Å²) >= 11 is 0. The van der Waals surface area contributed by atoms with Crippen LogP contribution in [0.25, 0.3) is 10.9 Å². The summed E-state index contributed by atoms with van der Waals surface area (Å²) in [4.78, 5) is 31.8. The molecule has 1 aromatic heterocycles. The van der Waals surface area contributed by atoms with E-state index in [4.69, 9.17) is 9.47 Å². The number of aromatic nitrogens is 2. The lowest BCUT2D eigenvalue weighted by Crippen LogP contribution is -2.23. The van der Waals surface area contributed by atoms with Crippen molar-refractivity contribution in [2.75, 3.05) is 37.5 Å². The van der Waals surface area contributed by atoms with E-state index in [-0.39, 0.29) is 23.6 Å². The number of fused-ring (bicyclic) bond motifs is 1. The van der Waals surface area contributed by atoms with Gasteiger partial charge in [0, 0.05) is 32.1 Å². The Labute approximate surface area is 190 Å². The molecule has 0 saturated carbocycles. The van der Waals surface area contributed by atoms with Gasteiger partial charge >= 0.3 is 0 Å². The number of amides is 1. The van der Waals surface area contributed by atoms with E-state index in [1.54, 1.807) is 18.2 Å². The summed E-state index contributed by atoms with van der Waals surface area (Å²) in [7, 11) is 3.02. The number of ether oxygens (including phenoxy) is 2. The number of halogens is 1. The number of hydrogen-bond acceptors (Lipinski definition) is 6. The second-order valence-corrected chi connectivity index (χ2v) is 7.95. The van der Waals surface area contributed by atoms with Gasteiger partial charge in [-0.05, 0) is 37.5 Å². The van der Waals surface area contributed by atoms with E-state index < -0.39 is 5.82 Å². The molecule has 1 fully saturated rings. The van der Waals surface area contributed by atoms with Gasteiger partial charge in [-0.25, -0.2) is 9.37 Å². The zero-order valence-corrected chi connectivity index (χ0v) is 18.8. The summed E-state index contributed by atoms with van der Waals surface area (Å²) in [5, 5.41) is 3.13. The third kappa shape index (κ3) is 4.76. The summed E-state index contributed by atoms with van der Waals surface area (Å²) in [6.07, 6.45) is 4.11. The number of carbonyl (C=O) groups excluding carboxylic acids is 1. The van der Waals surface area contributed by atoms with Crippen molar-refractivity contribution < 1.29 is 18.7 Å². The van der Waals surface area contributed by atoms with Crippen molar-refractivity contribution in [3.63, 3.8) is 0 Å². The maximum atomic E-state index is 14.5. The Morgan fingerprint density at radius 3 is 2.61 bits per heavy atom. The highest BCUT2D eigenvalue weighted by atomic mass is 19.1. The molecule has 9 heteroatoms. The lowest BCUT2D eigenvalue weighted by Gasteiger charge is -2.22. The number of nitrogens with one attached hydrogen (secondary N) is 1. The maximum absolute atomic E-state index is 14.5. The summed E-state index contributed by atoms with van der Waals surface area (Å²) in [5.74, 6) is 0.188. The highest BCUT2D eigenvalue weighted by Gasteiger charge is 2.19. The van der Waals surface area contributed by atoms with Crippen LogP contribution >= 0.6 is 0 Å². The normalized spacial score (nSPS) is 13.4. The number of hydrogen-bond donors (Lipinski definition) is 1. The van der Waals surface area contributed by atoms with E-state index in [1.165, 1.54) is 31.2 Å². The van der Waals surface area contributed by atoms with Gasteiger partial charge in [-0.1, -0.05) is 6.07 Å². The van der Waals surface area contributed by atoms with Crippen molar-refractivity contribution in [1.29, 1.82) is 0 Å². The number of benzene rings is 2. The van der Waals surface area contributed by atoms with Gasteiger partial charge in [0.1, 0.15) is 11.5 Å². The molecule has 0 aliphatic carbocycles. The van der Waals surface area contributed by atoms with Crippen LogP contribution < -0.4 is 25.2 Å². The molecule has 1 amide bonds. The molecule has 33 heavy (non-hydrogen) atoms. The molecule has 4 rings (SSSR count). The average molecular weight is 455 g/mol. The second kappa shape index (κ2) is 9.89. The van der Waals surface area contributed by atoms with Gasteiger partial charge in [-0.3, -0.25) is 14.2 Å². The Bertz CT molecular complexity index is 1220. The predicted molar refractivity (Wildman–Crippen MR) is 125 cm³/mol. The number of aryl methyl sites for hydroxylation is 1. The first-order valence-electron chi connectivity index (χ1n) is 11.0. The maximum Gasteiger partial charge on any atom is 0.261 e. The molecular formula is C24H27FN4O4. The lowest BCUT2D eigenvalue weighted by molar-refractivity contribution is -0.116. The number of nitrogens with zero attached hydrogens (tertiary/aromatic N) is 3. The molecule has 2 heterocycles. The first kappa shape index (κ1) is 22.6. The second-order valence-electron chi connectivity index (χ2n) is 7.95. The van der Waals surface area contributed by atoms with Crippen LogP contribution in [0.1, 0.15) is 25.7 Å². The molecule has 3 aromatic rings. The van der Waals surface area contributed by atoms with Gasteiger partial charge in [0.2, 0.25) is 5.91 Å². The molecule has 0 atom stereocenters. The van der Waals surface area contributed by atoms with Crippen LogP contribution in [-0.4, -0.2) is 42.8 Å². The summed E-state index contributed by atoms with van der Waals surface area (Å²) in [6, 6.07) is 8.08. The van der Waals surface area contributed by atoms with Gasteiger partial charge in [-0.2, -0.15) is 0 Å². The van der Waals surface area contributed by atoms with Crippen LogP contribution in [0.4, 0.5) is 15.8 Å².